The van der Waals surface area contributed by atoms with Crippen molar-refractivity contribution in [2.45, 2.75) is 131 Å². The van der Waals surface area contributed by atoms with E-state index in [0.717, 1.165) is 4.90 Å². The molecule has 0 saturated carbocycles. The number of imide groups is 1. The zero-order chi connectivity index (χ0) is 42.0. The van der Waals surface area contributed by atoms with Crippen LogP contribution in [0.3, 0.4) is 0 Å². The smallest absolute Gasteiger partial charge is 0.322 e. The summed E-state index contributed by atoms with van der Waals surface area (Å²) in [6.07, 6.45) is 1.30. The number of hydrogen-bond donors (Lipinski definition) is 9. The molecular weight excluding hydrogens is 704 g/mol. The average Bonchev–Trinajstić information content (AvgIpc) is 3.10. The van der Waals surface area contributed by atoms with Gasteiger partial charge in [-0.15, -0.1) is 0 Å². The summed E-state index contributed by atoms with van der Waals surface area (Å²) < 4.78 is 0. The van der Waals surface area contributed by atoms with E-state index in [9.17, 15) is 43.5 Å². The summed E-state index contributed by atoms with van der Waals surface area (Å²) in [7, 11) is 0. The number of aliphatic hydroxyl groups is 1. The molecule has 7 amide bonds. The van der Waals surface area contributed by atoms with Crippen LogP contribution in [0.25, 0.3) is 0 Å². The number of carbonyl (C=O) groups excluding carboxylic acids is 7. The molecule has 18 heteroatoms. The molecule has 0 aliphatic rings. The SMILES string of the molecule is CCC(C)C(N)C(=O)N(C(=O)C(N)C(C)CC)C(C(=O)NC(CC(C)C)C(=O)NCC(=O)NC(CO)C(=O)NC(CC(C)C)C(=O)NCC(=O)O)C(C)C. The van der Waals surface area contributed by atoms with Crippen molar-refractivity contribution in [3.63, 3.8) is 0 Å². The number of carboxylic acid groups (broad SMARTS) is 1. The van der Waals surface area contributed by atoms with Gasteiger partial charge in [0.25, 0.3) is 0 Å². The molecule has 0 aromatic rings. The highest BCUT2D eigenvalue weighted by atomic mass is 16.4. The van der Waals surface area contributed by atoms with E-state index in [4.69, 9.17) is 16.6 Å². The van der Waals surface area contributed by atoms with Crippen LogP contribution in [-0.2, 0) is 38.4 Å². The van der Waals surface area contributed by atoms with Gasteiger partial charge in [-0.3, -0.25) is 43.3 Å². The van der Waals surface area contributed by atoms with E-state index in [2.05, 4.69) is 26.6 Å². The number of nitrogens with one attached hydrogen (secondary N) is 5. The summed E-state index contributed by atoms with van der Waals surface area (Å²) in [5.74, 6) is -8.46. The Morgan fingerprint density at radius 3 is 1.35 bits per heavy atom. The second kappa shape index (κ2) is 24.3. The van der Waals surface area contributed by atoms with Gasteiger partial charge < -0.3 is 48.3 Å². The average molecular weight is 771 g/mol. The highest BCUT2D eigenvalue weighted by Gasteiger charge is 2.43. The van der Waals surface area contributed by atoms with Gasteiger partial charge in [-0.25, -0.2) is 0 Å². The van der Waals surface area contributed by atoms with E-state index in [-0.39, 0.29) is 36.5 Å². The molecule has 54 heavy (non-hydrogen) atoms. The van der Waals surface area contributed by atoms with Gasteiger partial charge in [0.15, 0.2) is 0 Å². The first kappa shape index (κ1) is 49.8. The first-order valence-corrected chi connectivity index (χ1v) is 18.7. The standard InChI is InChI=1S/C36H66N8O10/c1-11-21(9)28(37)35(53)44(36(54)29(38)22(10)12-2)30(20(7)8)34(52)43-24(14-19(5)6)31(49)39-15-26(46)41-25(17-45)33(51)42-23(13-18(3)4)32(50)40-16-27(47)48/h18-25,28-30,45H,11-17,37-38H2,1-10H3,(H,39,49)(H,40,50)(H,41,46)(H,42,51)(H,43,52)(H,47,48). The van der Waals surface area contributed by atoms with Gasteiger partial charge in [-0.1, -0.05) is 82.1 Å². The lowest BCUT2D eigenvalue weighted by molar-refractivity contribution is -0.156. The Balaban J connectivity index is 6.11. The van der Waals surface area contributed by atoms with E-state index < -0.39 is 109 Å². The number of hydrogen-bond acceptors (Lipinski definition) is 11. The largest absolute Gasteiger partial charge is 0.480 e. The normalized spacial score (nSPS) is 15.9. The molecule has 0 radical (unpaired) electrons. The Kier molecular flexibility index (Phi) is 22.4. The Labute approximate surface area is 319 Å². The van der Waals surface area contributed by atoms with Gasteiger partial charge in [0.1, 0.15) is 30.7 Å². The van der Waals surface area contributed by atoms with Crippen LogP contribution in [0, 0.1) is 29.6 Å². The van der Waals surface area contributed by atoms with Crippen molar-refractivity contribution in [3.05, 3.63) is 0 Å². The molecule has 8 atom stereocenters. The Morgan fingerprint density at radius 1 is 0.593 bits per heavy atom. The van der Waals surface area contributed by atoms with Gasteiger partial charge in [0.2, 0.25) is 41.4 Å². The molecule has 0 aromatic heterocycles. The summed E-state index contributed by atoms with van der Waals surface area (Å²) >= 11 is 0. The fourth-order valence-corrected chi connectivity index (χ4v) is 5.37. The predicted molar refractivity (Wildman–Crippen MR) is 201 cm³/mol. The van der Waals surface area contributed by atoms with Crippen LogP contribution in [0.2, 0.25) is 0 Å². The number of nitrogens with zero attached hydrogens (tertiary/aromatic N) is 1. The second-order valence-corrected chi connectivity index (χ2v) is 15.1. The Morgan fingerprint density at radius 2 is 1.00 bits per heavy atom. The molecule has 0 bridgehead atoms. The summed E-state index contributed by atoms with van der Waals surface area (Å²) in [5.41, 5.74) is 12.6. The van der Waals surface area contributed by atoms with Crippen molar-refractivity contribution in [2.75, 3.05) is 19.7 Å². The molecule has 8 unspecified atom stereocenters. The fraction of sp³-hybridized carbons (Fsp3) is 0.778. The number of carbonyl (C=O) groups is 8. The van der Waals surface area contributed by atoms with Gasteiger partial charge in [0.05, 0.1) is 25.2 Å². The molecule has 11 N–H and O–H groups in total. The summed E-state index contributed by atoms with van der Waals surface area (Å²) in [5, 5.41) is 30.6. The summed E-state index contributed by atoms with van der Waals surface area (Å²) in [6.45, 7) is 15.4. The first-order valence-electron chi connectivity index (χ1n) is 18.7. The molecule has 0 aliphatic carbocycles. The molecule has 0 heterocycles. The zero-order valence-electron chi connectivity index (χ0n) is 33.6. The molecule has 0 aliphatic heterocycles. The number of nitrogens with two attached hydrogens (primary N) is 2. The third-order valence-corrected chi connectivity index (χ3v) is 9.09. The van der Waals surface area contributed by atoms with Crippen LogP contribution in [0.1, 0.15) is 94.9 Å². The van der Waals surface area contributed by atoms with Crippen molar-refractivity contribution >= 4 is 47.3 Å². The summed E-state index contributed by atoms with van der Waals surface area (Å²) in [6, 6.07) is -7.50. The lowest BCUT2D eigenvalue weighted by atomic mass is 9.92. The second-order valence-electron chi connectivity index (χ2n) is 15.1. The minimum atomic E-state index is -1.53. The van der Waals surface area contributed by atoms with Crippen molar-refractivity contribution in [3.8, 4) is 0 Å². The maximum absolute atomic E-state index is 14.0. The molecule has 0 spiro atoms. The monoisotopic (exact) mass is 770 g/mol. The van der Waals surface area contributed by atoms with Gasteiger partial charge >= 0.3 is 5.97 Å². The van der Waals surface area contributed by atoms with Gasteiger partial charge in [-0.05, 0) is 42.4 Å². The van der Waals surface area contributed by atoms with E-state index in [0.29, 0.717) is 12.8 Å². The van der Waals surface area contributed by atoms with Crippen molar-refractivity contribution in [1.29, 1.82) is 0 Å². The maximum atomic E-state index is 14.0. The van der Waals surface area contributed by atoms with Crippen LogP contribution < -0.4 is 38.1 Å². The van der Waals surface area contributed by atoms with Crippen molar-refractivity contribution in [2.24, 2.45) is 41.1 Å². The molecular formula is C36H66N8O10. The van der Waals surface area contributed by atoms with Crippen LogP contribution in [0.15, 0.2) is 0 Å². The molecule has 310 valence electrons. The number of aliphatic carboxylic acids is 1. The maximum Gasteiger partial charge on any atom is 0.322 e. The third kappa shape index (κ3) is 16.5. The van der Waals surface area contributed by atoms with Crippen molar-refractivity contribution < 1.29 is 48.6 Å². The number of rotatable bonds is 24. The Bertz CT molecular complexity index is 1270. The lowest BCUT2D eigenvalue weighted by Crippen LogP contribution is -2.64. The minimum absolute atomic E-state index is 0.0907. The molecule has 0 rings (SSSR count). The number of carboxylic acids is 1. The fourth-order valence-electron chi connectivity index (χ4n) is 5.37. The molecule has 0 saturated heterocycles. The number of amides is 7. The van der Waals surface area contributed by atoms with Gasteiger partial charge in [0, 0.05) is 0 Å². The van der Waals surface area contributed by atoms with Crippen LogP contribution >= 0.6 is 0 Å². The first-order chi connectivity index (χ1) is 25.0. The van der Waals surface area contributed by atoms with E-state index in [1.54, 1.807) is 55.4 Å². The molecule has 0 aromatic carbocycles. The Hall–Kier alpha value is -4.16. The third-order valence-electron chi connectivity index (χ3n) is 9.09. The van der Waals surface area contributed by atoms with E-state index >= 15 is 0 Å². The quantitative estimate of drug-likeness (QED) is 0.0570. The molecule has 18 nitrogen and oxygen atoms in total. The van der Waals surface area contributed by atoms with E-state index in [1.165, 1.54) is 0 Å². The topological polar surface area (TPSA) is 292 Å². The highest BCUT2D eigenvalue weighted by Crippen LogP contribution is 2.20. The minimum Gasteiger partial charge on any atom is -0.480 e. The number of aliphatic hydroxyl groups excluding tert-OH is 1. The highest BCUT2D eigenvalue weighted by molar-refractivity contribution is 6.05. The van der Waals surface area contributed by atoms with Crippen molar-refractivity contribution in [1.82, 2.24) is 31.5 Å². The van der Waals surface area contributed by atoms with Crippen LogP contribution in [-0.4, -0.2) is 118 Å². The molecule has 0 fully saturated rings. The predicted octanol–water partition coefficient (Wildman–Crippen LogP) is -1.03. The van der Waals surface area contributed by atoms with Gasteiger partial charge in [-0.2, -0.15) is 0 Å². The lowest BCUT2D eigenvalue weighted by Gasteiger charge is -2.37. The van der Waals surface area contributed by atoms with Crippen LogP contribution in [0.5, 0.6) is 0 Å². The van der Waals surface area contributed by atoms with Crippen LogP contribution in [0.4, 0.5) is 0 Å². The summed E-state index contributed by atoms with van der Waals surface area (Å²) in [4.78, 5) is 105. The van der Waals surface area contributed by atoms with E-state index in [1.807, 2.05) is 13.8 Å². The zero-order valence-corrected chi connectivity index (χ0v) is 33.6.